The molecule has 16 heavy (non-hydrogen) atoms. The van der Waals surface area contributed by atoms with Crippen LogP contribution in [0.5, 0.6) is 11.5 Å². The third-order valence-corrected chi connectivity index (χ3v) is 2.31. The van der Waals surface area contributed by atoms with Crippen molar-refractivity contribution < 1.29 is 14.6 Å². The summed E-state index contributed by atoms with van der Waals surface area (Å²) in [5.74, 6) is 0.291. The van der Waals surface area contributed by atoms with Gasteiger partial charge >= 0.3 is 0 Å². The van der Waals surface area contributed by atoms with Crippen LogP contribution in [0.3, 0.4) is 0 Å². The number of phenolic OH excluding ortho intramolecular Hbond substituents is 1. The van der Waals surface area contributed by atoms with Crippen molar-refractivity contribution in [3.63, 3.8) is 0 Å². The summed E-state index contributed by atoms with van der Waals surface area (Å²) in [6, 6.07) is 3.39. The van der Waals surface area contributed by atoms with E-state index in [1.54, 1.807) is 12.1 Å². The van der Waals surface area contributed by atoms with Gasteiger partial charge in [-0.3, -0.25) is 4.79 Å². The Kier molecular flexibility index (Phi) is 4.11. The van der Waals surface area contributed by atoms with Gasteiger partial charge in [0.1, 0.15) is 0 Å². The Labute approximate surface area is 95.4 Å². The van der Waals surface area contributed by atoms with E-state index in [0.717, 1.165) is 5.56 Å². The van der Waals surface area contributed by atoms with Gasteiger partial charge in [0, 0.05) is 5.56 Å². The summed E-state index contributed by atoms with van der Waals surface area (Å²) < 4.78 is 5.01. The largest absolute Gasteiger partial charge is 0.504 e. The second-order valence-corrected chi connectivity index (χ2v) is 3.80. The van der Waals surface area contributed by atoms with E-state index in [0.29, 0.717) is 18.3 Å². The van der Waals surface area contributed by atoms with Gasteiger partial charge in [0.05, 0.1) is 12.7 Å². The molecule has 0 aliphatic rings. The predicted octanol–water partition coefficient (Wildman–Crippen LogP) is 2.72. The minimum absolute atomic E-state index is 0.0459. The third kappa shape index (κ3) is 2.63. The second kappa shape index (κ2) is 5.35. The predicted molar refractivity (Wildman–Crippen MR) is 63.2 cm³/mol. The van der Waals surface area contributed by atoms with Gasteiger partial charge in [-0.25, -0.2) is 0 Å². The van der Waals surface area contributed by atoms with Crippen molar-refractivity contribution in [2.24, 2.45) is 0 Å². The number of aromatic hydroxyl groups is 1. The molecule has 0 spiro atoms. The molecule has 86 valence electrons. The number of hydrogen-bond donors (Lipinski definition) is 1. The van der Waals surface area contributed by atoms with E-state index in [1.165, 1.54) is 12.7 Å². The highest BCUT2D eigenvalue weighted by Gasteiger charge is 2.11. The molecule has 0 amide bonds. The molecule has 0 bridgehead atoms. The lowest BCUT2D eigenvalue weighted by molar-refractivity contribution is 0.112. The van der Waals surface area contributed by atoms with Crippen molar-refractivity contribution in [1.29, 1.82) is 0 Å². The molecular formula is C13H16O3. The highest BCUT2D eigenvalue weighted by atomic mass is 16.5. The molecule has 1 aromatic rings. The number of benzene rings is 1. The van der Waals surface area contributed by atoms with Gasteiger partial charge in [-0.2, -0.15) is 0 Å². The second-order valence-electron chi connectivity index (χ2n) is 3.80. The molecule has 1 N–H and O–H groups in total. The molecule has 3 heteroatoms. The first-order valence-electron chi connectivity index (χ1n) is 5.07. The summed E-state index contributed by atoms with van der Waals surface area (Å²) in [5.41, 5.74) is 2.29. The average Bonchev–Trinajstić information content (AvgIpc) is 2.26. The van der Waals surface area contributed by atoms with Gasteiger partial charge in [0.2, 0.25) is 0 Å². The van der Waals surface area contributed by atoms with E-state index < -0.39 is 0 Å². The Morgan fingerprint density at radius 1 is 1.44 bits per heavy atom. The Morgan fingerprint density at radius 2 is 2.12 bits per heavy atom. The number of carbonyl (C=O) groups is 1. The number of hydrogen-bond acceptors (Lipinski definition) is 3. The fraction of sp³-hybridized carbons (Fsp3) is 0.308. The maximum absolute atomic E-state index is 10.7. The van der Waals surface area contributed by atoms with Gasteiger partial charge in [-0.15, -0.1) is 0 Å². The summed E-state index contributed by atoms with van der Waals surface area (Å²) in [6.45, 7) is 3.99. The van der Waals surface area contributed by atoms with Crippen molar-refractivity contribution in [1.82, 2.24) is 0 Å². The lowest BCUT2D eigenvalue weighted by Crippen LogP contribution is -1.94. The molecule has 0 aromatic heterocycles. The number of carbonyl (C=O) groups excluding carboxylic acids is 1. The summed E-state index contributed by atoms with van der Waals surface area (Å²) in [6.07, 6.45) is 3.31. The number of phenols is 1. The highest BCUT2D eigenvalue weighted by Crippen LogP contribution is 2.33. The lowest BCUT2D eigenvalue weighted by Gasteiger charge is -2.09. The molecule has 0 heterocycles. The number of methoxy groups -OCH3 is 1. The van der Waals surface area contributed by atoms with Crippen LogP contribution in [0.25, 0.3) is 0 Å². The van der Waals surface area contributed by atoms with Crippen LogP contribution in [-0.4, -0.2) is 18.5 Å². The van der Waals surface area contributed by atoms with Crippen LogP contribution in [-0.2, 0) is 6.42 Å². The number of rotatable bonds is 4. The molecule has 0 saturated carbocycles. The molecule has 0 unspecified atom stereocenters. The smallest absolute Gasteiger partial charge is 0.171 e. The molecule has 0 aliphatic heterocycles. The van der Waals surface area contributed by atoms with Crippen LogP contribution in [0.4, 0.5) is 0 Å². The Bertz CT molecular complexity index is 415. The fourth-order valence-corrected chi connectivity index (χ4v) is 1.41. The van der Waals surface area contributed by atoms with Crippen molar-refractivity contribution >= 4 is 6.29 Å². The zero-order valence-electron chi connectivity index (χ0n) is 9.78. The molecule has 1 rings (SSSR count). The van der Waals surface area contributed by atoms with Gasteiger partial charge in [-0.1, -0.05) is 17.7 Å². The minimum atomic E-state index is 0.0459. The molecule has 0 saturated heterocycles. The van der Waals surface area contributed by atoms with Gasteiger partial charge < -0.3 is 9.84 Å². The lowest BCUT2D eigenvalue weighted by atomic mass is 10.1. The van der Waals surface area contributed by atoms with E-state index in [4.69, 9.17) is 4.74 Å². The number of aldehydes is 1. The molecular weight excluding hydrogens is 204 g/mol. The molecule has 0 fully saturated rings. The van der Waals surface area contributed by atoms with Crippen LogP contribution >= 0.6 is 0 Å². The summed E-state index contributed by atoms with van der Waals surface area (Å²) >= 11 is 0. The monoisotopic (exact) mass is 220 g/mol. The zero-order chi connectivity index (χ0) is 12.1. The first-order chi connectivity index (χ1) is 7.60. The molecule has 0 radical (unpaired) electrons. The van der Waals surface area contributed by atoms with Crippen LogP contribution < -0.4 is 4.74 Å². The summed E-state index contributed by atoms with van der Waals surface area (Å²) in [7, 11) is 1.44. The molecule has 0 atom stereocenters. The zero-order valence-corrected chi connectivity index (χ0v) is 9.78. The van der Waals surface area contributed by atoms with Crippen molar-refractivity contribution in [3.8, 4) is 11.5 Å². The molecule has 0 aliphatic carbocycles. The number of allylic oxidation sites excluding steroid dienone is 2. The number of ether oxygens (including phenoxy) is 1. The standard InChI is InChI=1S/C13H16O3/c1-9(2)4-5-10-6-7-11(8-14)13(16-3)12(10)15/h4,6-8,15H,5H2,1-3H3. The molecule has 3 nitrogen and oxygen atoms in total. The van der Waals surface area contributed by atoms with Crippen molar-refractivity contribution in [2.45, 2.75) is 20.3 Å². The van der Waals surface area contributed by atoms with E-state index in [9.17, 15) is 9.90 Å². The Balaban J connectivity index is 3.13. The van der Waals surface area contributed by atoms with E-state index in [2.05, 4.69) is 0 Å². The maximum Gasteiger partial charge on any atom is 0.171 e. The summed E-state index contributed by atoms with van der Waals surface area (Å²) in [5, 5.41) is 9.90. The first kappa shape index (κ1) is 12.3. The highest BCUT2D eigenvalue weighted by molar-refractivity contribution is 5.81. The van der Waals surface area contributed by atoms with Crippen LogP contribution in [0.1, 0.15) is 29.8 Å². The fourth-order valence-electron chi connectivity index (χ4n) is 1.41. The van der Waals surface area contributed by atoms with Gasteiger partial charge in [0.15, 0.2) is 17.8 Å². The Morgan fingerprint density at radius 3 is 2.62 bits per heavy atom. The van der Waals surface area contributed by atoms with E-state index in [-0.39, 0.29) is 11.5 Å². The van der Waals surface area contributed by atoms with Crippen LogP contribution in [0, 0.1) is 0 Å². The topological polar surface area (TPSA) is 46.5 Å². The first-order valence-corrected chi connectivity index (χ1v) is 5.07. The maximum atomic E-state index is 10.7. The molecule has 1 aromatic carbocycles. The van der Waals surface area contributed by atoms with Crippen molar-refractivity contribution in [3.05, 3.63) is 34.9 Å². The SMILES string of the molecule is COc1c(C=O)ccc(CC=C(C)C)c1O. The average molecular weight is 220 g/mol. The third-order valence-electron chi connectivity index (χ3n) is 2.31. The summed E-state index contributed by atoms with van der Waals surface area (Å²) in [4.78, 5) is 10.7. The van der Waals surface area contributed by atoms with Gasteiger partial charge in [0.25, 0.3) is 0 Å². The van der Waals surface area contributed by atoms with Crippen LogP contribution in [0.15, 0.2) is 23.8 Å². The Hall–Kier alpha value is -1.77. The normalized spacial score (nSPS) is 9.69. The van der Waals surface area contributed by atoms with Crippen molar-refractivity contribution in [2.75, 3.05) is 7.11 Å². The quantitative estimate of drug-likeness (QED) is 0.627. The minimum Gasteiger partial charge on any atom is -0.504 e. The van der Waals surface area contributed by atoms with Crippen LogP contribution in [0.2, 0.25) is 0 Å². The van der Waals surface area contributed by atoms with Gasteiger partial charge in [-0.05, 0) is 26.3 Å². The van der Waals surface area contributed by atoms with E-state index in [1.807, 2.05) is 19.9 Å². The van der Waals surface area contributed by atoms with E-state index >= 15 is 0 Å².